The maximum atomic E-state index is 12.0. The molecule has 0 saturated heterocycles. The average molecular weight is 235 g/mol. The molecule has 0 fully saturated rings. The molecule has 1 aliphatic rings. The highest BCUT2D eigenvalue weighted by molar-refractivity contribution is 5.98. The molecule has 0 aliphatic heterocycles. The number of rotatable bonds is 4. The summed E-state index contributed by atoms with van der Waals surface area (Å²) >= 11 is 0. The summed E-state index contributed by atoms with van der Waals surface area (Å²) in [5.41, 5.74) is 8.88. The van der Waals surface area contributed by atoms with Crippen molar-refractivity contribution in [2.75, 3.05) is 14.2 Å². The third kappa shape index (κ3) is 2.24. The SMILES string of the molecule is COC(OC)C(=O)c1ccc2c(c1)CCC2N. The minimum atomic E-state index is -0.830. The third-order valence-corrected chi connectivity index (χ3v) is 3.19. The van der Waals surface area contributed by atoms with Crippen LogP contribution in [0.25, 0.3) is 0 Å². The fraction of sp³-hybridized carbons (Fsp3) is 0.462. The van der Waals surface area contributed by atoms with Gasteiger partial charge in [0.15, 0.2) is 0 Å². The molecule has 92 valence electrons. The summed E-state index contributed by atoms with van der Waals surface area (Å²) in [6, 6.07) is 5.73. The molecule has 17 heavy (non-hydrogen) atoms. The second-order valence-electron chi connectivity index (χ2n) is 4.23. The molecular formula is C13H17NO3. The maximum absolute atomic E-state index is 12.0. The van der Waals surface area contributed by atoms with Gasteiger partial charge in [-0.25, -0.2) is 0 Å². The van der Waals surface area contributed by atoms with Crippen LogP contribution in [0.2, 0.25) is 0 Å². The Morgan fingerprint density at radius 2 is 2.12 bits per heavy atom. The number of aryl methyl sites for hydroxylation is 1. The summed E-state index contributed by atoms with van der Waals surface area (Å²) in [6.07, 6.45) is 1.05. The van der Waals surface area contributed by atoms with Crippen molar-refractivity contribution in [3.8, 4) is 0 Å². The Morgan fingerprint density at radius 1 is 1.41 bits per heavy atom. The standard InChI is InChI=1S/C13H17NO3/c1-16-13(17-2)12(15)9-3-5-10-8(7-9)4-6-11(10)14/h3,5,7,11,13H,4,6,14H2,1-2H3. The number of fused-ring (bicyclic) bond motifs is 1. The summed E-state index contributed by atoms with van der Waals surface area (Å²) < 4.78 is 9.92. The summed E-state index contributed by atoms with van der Waals surface area (Å²) in [7, 11) is 2.91. The number of nitrogens with two attached hydrogens (primary N) is 1. The minimum Gasteiger partial charge on any atom is -0.349 e. The van der Waals surface area contributed by atoms with Crippen molar-refractivity contribution < 1.29 is 14.3 Å². The summed E-state index contributed by atoms with van der Waals surface area (Å²) in [5, 5.41) is 0. The Hall–Kier alpha value is -1.23. The second-order valence-corrected chi connectivity index (χ2v) is 4.23. The molecule has 1 aromatic carbocycles. The highest BCUT2D eigenvalue weighted by Gasteiger charge is 2.23. The molecule has 0 bridgehead atoms. The van der Waals surface area contributed by atoms with Crippen molar-refractivity contribution in [1.29, 1.82) is 0 Å². The Bertz CT molecular complexity index is 427. The summed E-state index contributed by atoms with van der Waals surface area (Å²) in [5.74, 6) is -0.154. The molecule has 1 unspecified atom stereocenters. The number of methoxy groups -OCH3 is 2. The van der Waals surface area contributed by atoms with Crippen molar-refractivity contribution in [1.82, 2.24) is 0 Å². The van der Waals surface area contributed by atoms with Crippen molar-refractivity contribution in [2.45, 2.75) is 25.2 Å². The van der Waals surface area contributed by atoms with Crippen LogP contribution < -0.4 is 5.73 Å². The molecule has 0 spiro atoms. The van der Waals surface area contributed by atoms with Gasteiger partial charge < -0.3 is 15.2 Å². The Kier molecular flexibility index (Phi) is 3.57. The molecule has 1 aromatic rings. The van der Waals surface area contributed by atoms with Crippen molar-refractivity contribution in [2.24, 2.45) is 5.73 Å². The third-order valence-electron chi connectivity index (χ3n) is 3.19. The zero-order chi connectivity index (χ0) is 12.4. The average Bonchev–Trinajstić information content (AvgIpc) is 2.72. The van der Waals surface area contributed by atoms with Gasteiger partial charge in [-0.3, -0.25) is 4.79 Å². The van der Waals surface area contributed by atoms with E-state index in [1.165, 1.54) is 14.2 Å². The molecule has 0 saturated carbocycles. The molecule has 2 N–H and O–H groups in total. The Labute approximate surface area is 101 Å². The van der Waals surface area contributed by atoms with E-state index in [0.29, 0.717) is 5.56 Å². The lowest BCUT2D eigenvalue weighted by Crippen LogP contribution is -2.25. The minimum absolute atomic E-state index is 0.106. The first kappa shape index (κ1) is 12.2. The normalized spacial score (nSPS) is 18.5. The molecular weight excluding hydrogens is 218 g/mol. The van der Waals surface area contributed by atoms with Gasteiger partial charge in [-0.05, 0) is 30.0 Å². The van der Waals surface area contributed by atoms with Crippen molar-refractivity contribution >= 4 is 5.78 Å². The van der Waals surface area contributed by atoms with E-state index in [2.05, 4.69) is 0 Å². The maximum Gasteiger partial charge on any atom is 0.222 e. The zero-order valence-electron chi connectivity index (χ0n) is 10.1. The quantitative estimate of drug-likeness (QED) is 0.633. The number of benzene rings is 1. The number of hydrogen-bond donors (Lipinski definition) is 1. The molecule has 1 atom stereocenters. The van der Waals surface area contributed by atoms with E-state index >= 15 is 0 Å². The lowest BCUT2D eigenvalue weighted by atomic mass is 10.0. The smallest absolute Gasteiger partial charge is 0.222 e. The van der Waals surface area contributed by atoms with Crippen molar-refractivity contribution in [3.63, 3.8) is 0 Å². The van der Waals surface area contributed by atoms with Crippen LogP contribution in [0.4, 0.5) is 0 Å². The Morgan fingerprint density at radius 3 is 2.76 bits per heavy atom. The van der Waals surface area contributed by atoms with Gasteiger partial charge in [0.05, 0.1) is 0 Å². The fourth-order valence-corrected chi connectivity index (χ4v) is 2.25. The van der Waals surface area contributed by atoms with E-state index in [0.717, 1.165) is 24.0 Å². The molecule has 4 heteroatoms. The van der Waals surface area contributed by atoms with Crippen LogP contribution in [0.1, 0.15) is 33.9 Å². The molecule has 0 aromatic heterocycles. The first-order valence-corrected chi connectivity index (χ1v) is 5.65. The molecule has 2 rings (SSSR count). The lowest BCUT2D eigenvalue weighted by Gasteiger charge is -2.13. The van der Waals surface area contributed by atoms with E-state index in [-0.39, 0.29) is 11.8 Å². The molecule has 0 amide bonds. The van der Waals surface area contributed by atoms with Crippen LogP contribution in [0, 0.1) is 0 Å². The van der Waals surface area contributed by atoms with E-state index in [1.807, 2.05) is 12.1 Å². The Balaban J connectivity index is 2.26. The van der Waals surface area contributed by atoms with E-state index < -0.39 is 6.29 Å². The predicted octanol–water partition coefficient (Wildman–Crippen LogP) is 1.43. The van der Waals surface area contributed by atoms with E-state index in [9.17, 15) is 4.79 Å². The summed E-state index contributed by atoms with van der Waals surface area (Å²) in [6.45, 7) is 0. The number of ether oxygens (including phenoxy) is 2. The fourth-order valence-electron chi connectivity index (χ4n) is 2.25. The van der Waals surface area contributed by atoms with Gasteiger partial charge in [-0.2, -0.15) is 0 Å². The number of carbonyl (C=O) groups is 1. The largest absolute Gasteiger partial charge is 0.349 e. The number of Topliss-reactive ketones (excluding diaryl/α,β-unsaturated/α-hetero) is 1. The zero-order valence-corrected chi connectivity index (χ0v) is 10.1. The lowest BCUT2D eigenvalue weighted by molar-refractivity contribution is -0.0742. The number of hydrogen-bond acceptors (Lipinski definition) is 4. The first-order chi connectivity index (χ1) is 8.17. The highest BCUT2D eigenvalue weighted by Crippen LogP contribution is 2.30. The second kappa shape index (κ2) is 4.96. The van der Waals surface area contributed by atoms with Gasteiger partial charge in [-0.1, -0.05) is 12.1 Å². The van der Waals surface area contributed by atoms with Gasteiger partial charge in [0.2, 0.25) is 12.1 Å². The van der Waals surface area contributed by atoms with Gasteiger partial charge in [-0.15, -0.1) is 0 Å². The van der Waals surface area contributed by atoms with Gasteiger partial charge >= 0.3 is 0 Å². The molecule has 4 nitrogen and oxygen atoms in total. The highest BCUT2D eigenvalue weighted by atomic mass is 16.7. The van der Waals surface area contributed by atoms with Crippen LogP contribution >= 0.6 is 0 Å². The van der Waals surface area contributed by atoms with Crippen LogP contribution in [0.5, 0.6) is 0 Å². The van der Waals surface area contributed by atoms with E-state index in [1.54, 1.807) is 6.07 Å². The van der Waals surface area contributed by atoms with Gasteiger partial charge in [0.25, 0.3) is 0 Å². The van der Waals surface area contributed by atoms with Crippen LogP contribution in [-0.2, 0) is 15.9 Å². The topological polar surface area (TPSA) is 61.5 Å². The van der Waals surface area contributed by atoms with Crippen LogP contribution in [0.15, 0.2) is 18.2 Å². The molecule has 0 radical (unpaired) electrons. The van der Waals surface area contributed by atoms with Gasteiger partial charge in [0, 0.05) is 25.8 Å². The first-order valence-electron chi connectivity index (χ1n) is 5.65. The van der Waals surface area contributed by atoms with Crippen molar-refractivity contribution in [3.05, 3.63) is 34.9 Å². The number of ketones is 1. The van der Waals surface area contributed by atoms with Crippen LogP contribution in [-0.4, -0.2) is 26.3 Å². The van der Waals surface area contributed by atoms with Gasteiger partial charge in [0.1, 0.15) is 0 Å². The molecule has 1 aliphatic carbocycles. The number of carbonyl (C=O) groups excluding carboxylic acids is 1. The van der Waals surface area contributed by atoms with Crippen LogP contribution in [0.3, 0.4) is 0 Å². The summed E-state index contributed by atoms with van der Waals surface area (Å²) in [4.78, 5) is 12.0. The predicted molar refractivity (Wildman–Crippen MR) is 63.8 cm³/mol. The monoisotopic (exact) mass is 235 g/mol. The van der Waals surface area contributed by atoms with E-state index in [4.69, 9.17) is 15.2 Å². The molecule has 0 heterocycles.